The summed E-state index contributed by atoms with van der Waals surface area (Å²) in [6.07, 6.45) is -1.05. The highest BCUT2D eigenvalue weighted by atomic mass is 32.2. The molecule has 1 aliphatic heterocycles. The molecule has 4 rings (SSSR count). The fraction of sp³-hybridized carbons (Fsp3) is 0.0500. The predicted molar refractivity (Wildman–Crippen MR) is 102 cm³/mol. The topological polar surface area (TPSA) is 78.5 Å². The Morgan fingerprint density at radius 2 is 1.54 bits per heavy atom. The van der Waals surface area contributed by atoms with Gasteiger partial charge in [0, 0.05) is 11.3 Å². The van der Waals surface area contributed by atoms with E-state index in [4.69, 9.17) is 0 Å². The van der Waals surface area contributed by atoms with Gasteiger partial charge >= 0.3 is 0 Å². The number of sulfonamides is 1. The number of anilines is 1. The summed E-state index contributed by atoms with van der Waals surface area (Å²) >= 11 is 0. The number of para-hydroxylation sites is 1. The van der Waals surface area contributed by atoms with E-state index in [0.29, 0.717) is 5.69 Å². The van der Waals surface area contributed by atoms with E-state index in [9.17, 15) is 17.6 Å². The Hall–Kier alpha value is -3.23. The molecule has 28 heavy (non-hydrogen) atoms. The van der Waals surface area contributed by atoms with Crippen molar-refractivity contribution in [3.8, 4) is 0 Å². The molecule has 0 fully saturated rings. The number of benzene rings is 3. The molecule has 6 nitrogen and oxygen atoms in total. The Morgan fingerprint density at radius 1 is 0.893 bits per heavy atom. The zero-order valence-corrected chi connectivity index (χ0v) is 15.4. The molecule has 0 unspecified atom stereocenters. The number of rotatable bonds is 4. The van der Waals surface area contributed by atoms with Crippen LogP contribution in [0.4, 0.5) is 10.1 Å². The number of amides is 1. The molecule has 1 aliphatic rings. The first kappa shape index (κ1) is 18.1. The summed E-state index contributed by atoms with van der Waals surface area (Å²) in [6, 6.07) is 20.2. The maximum Gasteiger partial charge on any atom is 0.273 e. The molecule has 0 spiro atoms. The maximum atomic E-state index is 14.5. The third kappa shape index (κ3) is 3.23. The van der Waals surface area contributed by atoms with Crippen molar-refractivity contribution in [2.24, 2.45) is 0 Å². The summed E-state index contributed by atoms with van der Waals surface area (Å²) in [4.78, 5) is 15.4. The van der Waals surface area contributed by atoms with Gasteiger partial charge in [-0.3, -0.25) is 4.79 Å². The highest BCUT2D eigenvalue weighted by Crippen LogP contribution is 2.33. The number of hydrazine groups is 1. The van der Waals surface area contributed by atoms with Gasteiger partial charge in [0.15, 0.2) is 0 Å². The number of halogens is 1. The molecule has 8 heteroatoms. The molecule has 0 bridgehead atoms. The molecule has 1 heterocycles. The fourth-order valence-corrected chi connectivity index (χ4v) is 4.11. The zero-order chi connectivity index (χ0) is 19.7. The van der Waals surface area contributed by atoms with Crippen LogP contribution in [0.5, 0.6) is 0 Å². The van der Waals surface area contributed by atoms with Crippen LogP contribution in [0.2, 0.25) is 0 Å². The van der Waals surface area contributed by atoms with Crippen LogP contribution in [0.3, 0.4) is 0 Å². The minimum Gasteiger partial charge on any atom is -0.360 e. The van der Waals surface area contributed by atoms with E-state index in [1.54, 1.807) is 48.5 Å². The largest absolute Gasteiger partial charge is 0.360 e. The van der Waals surface area contributed by atoms with Gasteiger partial charge in [-0.2, -0.15) is 0 Å². The van der Waals surface area contributed by atoms with Gasteiger partial charge in [0.2, 0.25) is 0 Å². The Bertz CT molecular complexity index is 1140. The molecule has 0 aliphatic carbocycles. The van der Waals surface area contributed by atoms with E-state index in [1.807, 2.05) is 0 Å². The molecule has 3 aromatic carbocycles. The first-order valence-electron chi connectivity index (χ1n) is 8.48. The highest BCUT2D eigenvalue weighted by molar-refractivity contribution is 7.89. The van der Waals surface area contributed by atoms with Crippen molar-refractivity contribution in [2.45, 2.75) is 11.1 Å². The third-order valence-corrected chi connectivity index (χ3v) is 5.73. The standard InChI is InChI=1S/C20H16FN3O3S/c21-17-12-6-4-10-15(17)19-22-18-13-7-5-11-16(18)20(25)24(19)23-28(26,27)14-8-2-1-3-9-14/h1-13,19,22-23H/t19-/m0/s1. The van der Waals surface area contributed by atoms with Crippen molar-refractivity contribution in [1.82, 2.24) is 9.84 Å². The molecule has 142 valence electrons. The van der Waals surface area contributed by atoms with Crippen LogP contribution in [0.25, 0.3) is 0 Å². The van der Waals surface area contributed by atoms with Crippen LogP contribution < -0.4 is 10.1 Å². The van der Waals surface area contributed by atoms with Crippen molar-refractivity contribution in [1.29, 1.82) is 0 Å². The van der Waals surface area contributed by atoms with Crippen LogP contribution >= 0.6 is 0 Å². The van der Waals surface area contributed by atoms with Crippen molar-refractivity contribution in [2.75, 3.05) is 5.32 Å². The van der Waals surface area contributed by atoms with E-state index in [2.05, 4.69) is 10.1 Å². The SMILES string of the molecule is O=C1c2ccccc2N[C@H](c2ccccc2F)N1NS(=O)(=O)c1ccccc1. The lowest BCUT2D eigenvalue weighted by molar-refractivity contribution is 0.0629. The van der Waals surface area contributed by atoms with E-state index >= 15 is 0 Å². The second-order valence-corrected chi connectivity index (χ2v) is 7.86. The van der Waals surface area contributed by atoms with Gasteiger partial charge in [0.25, 0.3) is 15.9 Å². The van der Waals surface area contributed by atoms with Gasteiger partial charge in [0.1, 0.15) is 12.0 Å². The fourth-order valence-electron chi connectivity index (χ4n) is 3.04. The third-order valence-electron chi connectivity index (χ3n) is 4.40. The first-order valence-corrected chi connectivity index (χ1v) is 9.97. The lowest BCUT2D eigenvalue weighted by Crippen LogP contribution is -2.52. The quantitative estimate of drug-likeness (QED) is 0.708. The molecule has 1 amide bonds. The predicted octanol–water partition coefficient (Wildman–Crippen LogP) is 3.29. The monoisotopic (exact) mass is 397 g/mol. The van der Waals surface area contributed by atoms with Gasteiger partial charge < -0.3 is 5.32 Å². The summed E-state index contributed by atoms with van der Waals surface area (Å²) < 4.78 is 40.0. The normalized spacial score (nSPS) is 16.4. The number of carbonyl (C=O) groups is 1. The molecule has 1 atom stereocenters. The van der Waals surface area contributed by atoms with Gasteiger partial charge in [-0.25, -0.2) is 17.8 Å². The van der Waals surface area contributed by atoms with Crippen molar-refractivity contribution in [3.05, 3.63) is 95.8 Å². The van der Waals surface area contributed by atoms with Crippen LogP contribution in [-0.2, 0) is 10.0 Å². The van der Waals surface area contributed by atoms with Crippen LogP contribution in [0, 0.1) is 5.82 Å². The minimum absolute atomic E-state index is 0.00561. The molecule has 0 radical (unpaired) electrons. The minimum atomic E-state index is -4.06. The zero-order valence-electron chi connectivity index (χ0n) is 14.5. The Balaban J connectivity index is 1.80. The number of hydrogen-bond acceptors (Lipinski definition) is 4. The van der Waals surface area contributed by atoms with E-state index in [0.717, 1.165) is 5.01 Å². The van der Waals surface area contributed by atoms with E-state index < -0.39 is 27.9 Å². The van der Waals surface area contributed by atoms with Crippen LogP contribution in [0.1, 0.15) is 22.1 Å². The van der Waals surface area contributed by atoms with Crippen LogP contribution in [-0.4, -0.2) is 19.3 Å². The van der Waals surface area contributed by atoms with Gasteiger partial charge in [-0.1, -0.05) is 48.5 Å². The van der Waals surface area contributed by atoms with Crippen molar-refractivity contribution in [3.63, 3.8) is 0 Å². The second kappa shape index (κ2) is 7.06. The average molecular weight is 397 g/mol. The van der Waals surface area contributed by atoms with E-state index in [1.165, 1.54) is 30.3 Å². The van der Waals surface area contributed by atoms with Crippen LogP contribution in [0.15, 0.2) is 83.8 Å². The summed E-state index contributed by atoms with van der Waals surface area (Å²) in [6.45, 7) is 0. The number of carbonyl (C=O) groups excluding carboxylic acids is 1. The van der Waals surface area contributed by atoms with Crippen molar-refractivity contribution >= 4 is 21.6 Å². The summed E-state index contributed by atoms with van der Waals surface area (Å²) in [7, 11) is -4.06. The molecule has 3 aromatic rings. The molecule has 0 saturated carbocycles. The summed E-state index contributed by atoms with van der Waals surface area (Å²) in [5.74, 6) is -1.14. The highest BCUT2D eigenvalue weighted by Gasteiger charge is 2.37. The second-order valence-electron chi connectivity index (χ2n) is 6.20. The molecule has 0 saturated heterocycles. The Morgan fingerprint density at radius 3 is 2.29 bits per heavy atom. The van der Waals surface area contributed by atoms with Gasteiger partial charge in [-0.15, -0.1) is 4.83 Å². The smallest absolute Gasteiger partial charge is 0.273 e. The molecule has 2 N–H and O–H groups in total. The Labute approximate surface area is 161 Å². The van der Waals surface area contributed by atoms with Gasteiger partial charge in [0.05, 0.1) is 10.5 Å². The number of nitrogens with zero attached hydrogens (tertiary/aromatic N) is 1. The molecular weight excluding hydrogens is 381 g/mol. The summed E-state index contributed by atoms with van der Waals surface area (Å²) in [5, 5.41) is 3.95. The Kier molecular flexibility index (Phi) is 4.58. The number of hydrogen-bond donors (Lipinski definition) is 2. The molecular formula is C20H16FN3O3S. The lowest BCUT2D eigenvalue weighted by atomic mass is 10.0. The molecule has 0 aromatic heterocycles. The van der Waals surface area contributed by atoms with Crippen molar-refractivity contribution < 1.29 is 17.6 Å². The van der Waals surface area contributed by atoms with Gasteiger partial charge in [-0.05, 0) is 30.3 Å². The number of fused-ring (bicyclic) bond motifs is 1. The number of nitrogens with one attached hydrogen (secondary N) is 2. The average Bonchev–Trinajstić information content (AvgIpc) is 2.71. The van der Waals surface area contributed by atoms with E-state index in [-0.39, 0.29) is 16.0 Å². The maximum absolute atomic E-state index is 14.5. The summed E-state index contributed by atoms with van der Waals surface area (Å²) in [5.41, 5.74) is 0.919. The lowest BCUT2D eigenvalue weighted by Gasteiger charge is -2.37. The first-order chi connectivity index (χ1) is 13.5.